The lowest BCUT2D eigenvalue weighted by atomic mass is 9.62. The van der Waals surface area contributed by atoms with Crippen molar-refractivity contribution in [1.29, 1.82) is 0 Å². The van der Waals surface area contributed by atoms with Crippen LogP contribution in [0, 0.1) is 5.92 Å². The summed E-state index contributed by atoms with van der Waals surface area (Å²) in [6.45, 7) is 4.48. The van der Waals surface area contributed by atoms with E-state index >= 15 is 0 Å². The van der Waals surface area contributed by atoms with Gasteiger partial charge in [-0.1, -0.05) is 44.2 Å². The van der Waals surface area contributed by atoms with Crippen LogP contribution in [-0.2, 0) is 4.79 Å². The summed E-state index contributed by atoms with van der Waals surface area (Å²) < 4.78 is 0. The maximum atomic E-state index is 13.4. The first-order chi connectivity index (χ1) is 18.8. The summed E-state index contributed by atoms with van der Waals surface area (Å²) >= 11 is 0. The van der Waals surface area contributed by atoms with E-state index in [0.717, 1.165) is 18.2 Å². The van der Waals surface area contributed by atoms with Gasteiger partial charge in [-0.15, -0.1) is 0 Å². The monoisotopic (exact) mass is 536 g/mol. The molecule has 2 aliphatic heterocycles. The number of benzene rings is 1. The summed E-state index contributed by atoms with van der Waals surface area (Å²) in [7, 11) is 2.30. The van der Waals surface area contributed by atoms with Crippen LogP contribution in [0.15, 0.2) is 24.3 Å². The van der Waals surface area contributed by atoms with Gasteiger partial charge in [-0.2, -0.15) is 0 Å². The Morgan fingerprint density at radius 3 is 2.31 bits per heavy atom. The lowest BCUT2D eigenvalue weighted by Crippen LogP contribution is -2.58. The molecule has 3 saturated carbocycles. The van der Waals surface area contributed by atoms with Crippen LogP contribution in [0.25, 0.3) is 0 Å². The van der Waals surface area contributed by atoms with Crippen LogP contribution in [0.3, 0.4) is 0 Å². The van der Waals surface area contributed by atoms with Crippen LogP contribution < -0.4 is 5.32 Å². The van der Waals surface area contributed by atoms with Crippen molar-refractivity contribution >= 4 is 11.8 Å². The first-order valence-corrected chi connectivity index (χ1v) is 15.7. The number of nitrogens with zero attached hydrogens (tertiary/aromatic N) is 3. The number of hydrogen-bond donors (Lipinski definition) is 2. The molecule has 4 unspecified atom stereocenters. The number of rotatable bonds is 4. The second-order valence-electron chi connectivity index (χ2n) is 13.4. The minimum Gasteiger partial charge on any atom is -0.380 e. The third kappa shape index (κ3) is 5.15. The van der Waals surface area contributed by atoms with Gasteiger partial charge in [-0.3, -0.25) is 19.8 Å². The van der Waals surface area contributed by atoms with E-state index in [1.165, 1.54) is 69.8 Å². The summed E-state index contributed by atoms with van der Waals surface area (Å²) in [5.74, 6) is 1.16. The minimum atomic E-state index is -1.15. The first-order valence-electron chi connectivity index (χ1n) is 15.7. The van der Waals surface area contributed by atoms with Gasteiger partial charge in [-0.05, 0) is 88.4 Å². The van der Waals surface area contributed by atoms with Gasteiger partial charge in [0.05, 0.1) is 0 Å². The van der Waals surface area contributed by atoms with Crippen LogP contribution >= 0.6 is 0 Å². The van der Waals surface area contributed by atoms with Gasteiger partial charge >= 0.3 is 0 Å². The van der Waals surface area contributed by atoms with Crippen molar-refractivity contribution < 1.29 is 14.7 Å². The standard InChI is InChI=1S/C32H48N4O3/c1-23-21-35(18-19-36(23)30(38)31(39)16-17-31)29(37)25-12-10-24(11-13-25)26-14-15-28-32(20-26,33-22-34(28)2)27-8-6-4-3-5-7-9-27/h10-13,23,26-28,33,39H,3-9,14-22H2,1-2H3. The number of piperazine rings is 1. The van der Waals surface area contributed by atoms with Crippen molar-refractivity contribution in [3.8, 4) is 0 Å². The highest BCUT2D eigenvalue weighted by molar-refractivity contribution is 5.94. The van der Waals surface area contributed by atoms with E-state index in [0.29, 0.717) is 44.4 Å². The Hall–Kier alpha value is -1.96. The molecule has 7 nitrogen and oxygen atoms in total. The summed E-state index contributed by atoms with van der Waals surface area (Å²) in [4.78, 5) is 32.2. The van der Waals surface area contributed by atoms with E-state index < -0.39 is 5.60 Å². The zero-order valence-electron chi connectivity index (χ0n) is 24.0. The van der Waals surface area contributed by atoms with E-state index in [1.807, 2.05) is 24.0 Å². The van der Waals surface area contributed by atoms with Crippen LogP contribution in [0.4, 0.5) is 0 Å². The number of likely N-dealkylation sites (N-methyl/N-ethyl adjacent to an activating group) is 1. The van der Waals surface area contributed by atoms with Crippen LogP contribution in [-0.4, -0.2) is 88.2 Å². The van der Waals surface area contributed by atoms with Gasteiger partial charge in [-0.25, -0.2) is 0 Å². The van der Waals surface area contributed by atoms with Crippen molar-refractivity contribution in [3.05, 3.63) is 35.4 Å². The highest BCUT2D eigenvalue weighted by Crippen LogP contribution is 2.49. The maximum absolute atomic E-state index is 13.4. The molecule has 214 valence electrons. The summed E-state index contributed by atoms with van der Waals surface area (Å²) in [6, 6.07) is 9.00. The Labute approximate surface area is 234 Å². The molecular weight excluding hydrogens is 488 g/mol. The third-order valence-corrected chi connectivity index (χ3v) is 10.9. The van der Waals surface area contributed by atoms with E-state index in [2.05, 4.69) is 29.4 Å². The Bertz CT molecular complexity index is 1050. The van der Waals surface area contributed by atoms with Crippen molar-refractivity contribution in [2.75, 3.05) is 33.4 Å². The predicted molar refractivity (Wildman–Crippen MR) is 152 cm³/mol. The molecule has 5 fully saturated rings. The molecule has 0 bridgehead atoms. The second-order valence-corrected chi connectivity index (χ2v) is 13.4. The Balaban J connectivity index is 1.12. The zero-order chi connectivity index (χ0) is 27.2. The molecule has 1 aromatic rings. The molecule has 0 spiro atoms. The normalized spacial score (nSPS) is 33.8. The van der Waals surface area contributed by atoms with E-state index in [-0.39, 0.29) is 23.4 Å². The molecule has 0 aromatic heterocycles. The fourth-order valence-electron chi connectivity index (χ4n) is 8.41. The SMILES string of the molecule is CC1CN(C(=O)c2ccc(C3CCC4N(C)CNC4(C4CCCCCCC4)C3)cc2)CCN1C(=O)C1(O)CC1. The largest absolute Gasteiger partial charge is 0.380 e. The second kappa shape index (κ2) is 10.8. The topological polar surface area (TPSA) is 76.1 Å². The van der Waals surface area contributed by atoms with Gasteiger partial charge < -0.3 is 14.9 Å². The average Bonchev–Trinajstić information content (AvgIpc) is 3.60. The third-order valence-electron chi connectivity index (χ3n) is 10.9. The zero-order valence-corrected chi connectivity index (χ0v) is 24.0. The van der Waals surface area contributed by atoms with Gasteiger partial charge in [0.2, 0.25) is 0 Å². The molecule has 3 aliphatic carbocycles. The quantitative estimate of drug-likeness (QED) is 0.606. The molecule has 2 N–H and O–H groups in total. The molecule has 7 heteroatoms. The lowest BCUT2D eigenvalue weighted by Gasteiger charge is -2.49. The Morgan fingerprint density at radius 2 is 1.64 bits per heavy atom. The fourth-order valence-corrected chi connectivity index (χ4v) is 8.41. The number of hydrogen-bond acceptors (Lipinski definition) is 5. The van der Waals surface area contributed by atoms with Crippen LogP contribution in [0.5, 0.6) is 0 Å². The summed E-state index contributed by atoms with van der Waals surface area (Å²) in [5.41, 5.74) is 1.17. The molecule has 1 aromatic carbocycles. The number of carbonyl (C=O) groups is 2. The highest BCUT2D eigenvalue weighted by atomic mass is 16.3. The van der Waals surface area contributed by atoms with E-state index in [9.17, 15) is 14.7 Å². The molecular formula is C32H48N4O3. The molecule has 2 saturated heterocycles. The first kappa shape index (κ1) is 27.2. The number of amides is 2. The minimum absolute atomic E-state index is 0.0411. The summed E-state index contributed by atoms with van der Waals surface area (Å²) in [5, 5.41) is 14.3. The lowest BCUT2D eigenvalue weighted by molar-refractivity contribution is -0.146. The Kier molecular flexibility index (Phi) is 7.53. The smallest absolute Gasteiger partial charge is 0.254 e. The predicted octanol–water partition coefficient (Wildman–Crippen LogP) is 4.11. The van der Waals surface area contributed by atoms with E-state index in [4.69, 9.17) is 0 Å². The maximum Gasteiger partial charge on any atom is 0.254 e. The Morgan fingerprint density at radius 1 is 0.949 bits per heavy atom. The van der Waals surface area contributed by atoms with E-state index in [1.54, 1.807) is 4.90 Å². The van der Waals surface area contributed by atoms with Gasteiger partial charge in [0, 0.05) is 49.5 Å². The van der Waals surface area contributed by atoms with Gasteiger partial charge in [0.25, 0.3) is 11.8 Å². The molecule has 2 heterocycles. The number of aliphatic hydroxyl groups is 1. The van der Waals surface area contributed by atoms with Crippen molar-refractivity contribution in [1.82, 2.24) is 20.0 Å². The van der Waals surface area contributed by atoms with Gasteiger partial charge in [0.1, 0.15) is 5.60 Å². The fraction of sp³-hybridized carbons (Fsp3) is 0.750. The number of fused-ring (bicyclic) bond motifs is 1. The van der Waals surface area contributed by atoms with Crippen LogP contribution in [0.2, 0.25) is 0 Å². The number of carbonyl (C=O) groups excluding carboxylic acids is 2. The molecule has 0 radical (unpaired) electrons. The van der Waals surface area contributed by atoms with Crippen molar-refractivity contribution in [2.45, 2.75) is 113 Å². The molecule has 5 aliphatic rings. The molecule has 4 atom stereocenters. The number of nitrogens with one attached hydrogen (secondary N) is 1. The molecule has 2 amide bonds. The van der Waals surface area contributed by atoms with Crippen molar-refractivity contribution in [3.63, 3.8) is 0 Å². The average molecular weight is 537 g/mol. The highest BCUT2D eigenvalue weighted by Gasteiger charge is 2.54. The summed E-state index contributed by atoms with van der Waals surface area (Å²) in [6.07, 6.45) is 14.4. The molecule has 39 heavy (non-hydrogen) atoms. The van der Waals surface area contributed by atoms with Crippen molar-refractivity contribution in [2.24, 2.45) is 5.92 Å². The van der Waals surface area contributed by atoms with Crippen LogP contribution in [0.1, 0.15) is 106 Å². The molecule has 6 rings (SSSR count). The van der Waals surface area contributed by atoms with Gasteiger partial charge in [0.15, 0.2) is 0 Å².